The largest absolute Gasteiger partial charge is 0.311 e. The van der Waals surface area contributed by atoms with E-state index in [0.29, 0.717) is 0 Å². The zero-order chi connectivity index (χ0) is 13.1. The molecule has 0 aromatic carbocycles. The van der Waals surface area contributed by atoms with Gasteiger partial charge in [0.25, 0.3) is 0 Å². The molecule has 1 N–H and O–H groups in total. The lowest BCUT2D eigenvalue weighted by molar-refractivity contribution is 0.0751. The van der Waals surface area contributed by atoms with Crippen molar-refractivity contribution < 1.29 is 0 Å². The number of piperazine rings is 1. The lowest BCUT2D eigenvalue weighted by atomic mass is 9.96. The molecule has 1 saturated heterocycles. The molecule has 1 heterocycles. The van der Waals surface area contributed by atoms with E-state index in [9.17, 15) is 0 Å². The maximum Gasteiger partial charge on any atom is 0.0198 e. The first-order chi connectivity index (χ1) is 8.60. The van der Waals surface area contributed by atoms with E-state index < -0.39 is 0 Å². The summed E-state index contributed by atoms with van der Waals surface area (Å²) in [4.78, 5) is 2.81. The molecule has 0 aromatic rings. The molecular formula is C16H32N2. The van der Waals surface area contributed by atoms with Gasteiger partial charge in [0.1, 0.15) is 0 Å². The Morgan fingerprint density at radius 2 is 1.94 bits per heavy atom. The van der Waals surface area contributed by atoms with E-state index in [-0.39, 0.29) is 0 Å². The normalized spacial score (nSPS) is 31.8. The third-order valence-electron chi connectivity index (χ3n) is 4.70. The third-order valence-corrected chi connectivity index (χ3v) is 4.70. The predicted octanol–water partition coefficient (Wildman–Crippen LogP) is 3.27. The van der Waals surface area contributed by atoms with Crippen LogP contribution in [0.5, 0.6) is 0 Å². The van der Waals surface area contributed by atoms with E-state index >= 15 is 0 Å². The lowest BCUT2D eigenvalue weighted by Gasteiger charge is -2.44. The quantitative estimate of drug-likeness (QED) is 0.780. The molecule has 0 spiro atoms. The second-order valence-corrected chi connectivity index (χ2v) is 7.02. The van der Waals surface area contributed by atoms with Crippen LogP contribution in [0.3, 0.4) is 0 Å². The van der Waals surface area contributed by atoms with Gasteiger partial charge in [0, 0.05) is 31.2 Å². The van der Waals surface area contributed by atoms with Crippen molar-refractivity contribution in [1.29, 1.82) is 0 Å². The van der Waals surface area contributed by atoms with Crippen molar-refractivity contribution in [2.24, 2.45) is 11.8 Å². The van der Waals surface area contributed by atoms with Crippen LogP contribution >= 0.6 is 0 Å². The van der Waals surface area contributed by atoms with Gasteiger partial charge in [-0.1, -0.05) is 33.6 Å². The molecule has 2 rings (SSSR count). The Kier molecular flexibility index (Phi) is 5.08. The maximum atomic E-state index is 3.74. The van der Waals surface area contributed by atoms with Gasteiger partial charge in [0.15, 0.2) is 0 Å². The van der Waals surface area contributed by atoms with E-state index in [0.717, 1.165) is 30.0 Å². The second-order valence-electron chi connectivity index (χ2n) is 7.02. The van der Waals surface area contributed by atoms with E-state index in [1.165, 1.54) is 45.2 Å². The van der Waals surface area contributed by atoms with E-state index in [2.05, 4.69) is 37.9 Å². The monoisotopic (exact) mass is 252 g/mol. The highest BCUT2D eigenvalue weighted by atomic mass is 15.2. The van der Waals surface area contributed by atoms with Gasteiger partial charge in [-0.25, -0.2) is 0 Å². The summed E-state index contributed by atoms with van der Waals surface area (Å²) in [5, 5.41) is 3.74. The van der Waals surface area contributed by atoms with Crippen molar-refractivity contribution in [3.63, 3.8) is 0 Å². The molecule has 1 saturated carbocycles. The second kappa shape index (κ2) is 6.38. The Labute approximate surface area is 114 Å². The van der Waals surface area contributed by atoms with Crippen LogP contribution < -0.4 is 5.32 Å². The predicted molar refractivity (Wildman–Crippen MR) is 78.8 cm³/mol. The zero-order valence-electron chi connectivity index (χ0n) is 12.8. The highest BCUT2D eigenvalue weighted by Gasteiger charge is 2.33. The molecule has 0 amide bonds. The van der Waals surface area contributed by atoms with E-state index in [1.807, 2.05) is 0 Å². The summed E-state index contributed by atoms with van der Waals surface area (Å²) in [6.07, 6.45) is 7.09. The first kappa shape index (κ1) is 14.3. The zero-order valence-corrected chi connectivity index (χ0v) is 12.8. The minimum atomic E-state index is 0.717. The topological polar surface area (TPSA) is 15.3 Å². The summed E-state index contributed by atoms with van der Waals surface area (Å²) in [7, 11) is 0. The van der Waals surface area contributed by atoms with E-state index in [1.54, 1.807) is 0 Å². The summed E-state index contributed by atoms with van der Waals surface area (Å²) < 4.78 is 0. The minimum absolute atomic E-state index is 0.717. The van der Waals surface area contributed by atoms with Gasteiger partial charge < -0.3 is 5.32 Å². The Morgan fingerprint density at radius 3 is 2.50 bits per heavy atom. The SMILES string of the molecule is CCC(CC1CC1)N1CC(CC(C)C)NCC1C. The minimum Gasteiger partial charge on any atom is -0.311 e. The molecule has 18 heavy (non-hydrogen) atoms. The van der Waals surface area contributed by atoms with Crippen molar-refractivity contribution >= 4 is 0 Å². The fourth-order valence-electron chi connectivity index (χ4n) is 3.46. The van der Waals surface area contributed by atoms with Crippen LogP contribution in [0.25, 0.3) is 0 Å². The highest BCUT2D eigenvalue weighted by Crippen LogP contribution is 2.36. The number of nitrogens with zero attached hydrogens (tertiary/aromatic N) is 1. The van der Waals surface area contributed by atoms with Gasteiger partial charge in [-0.2, -0.15) is 0 Å². The molecule has 2 fully saturated rings. The molecule has 106 valence electrons. The maximum absolute atomic E-state index is 3.74. The molecule has 3 unspecified atom stereocenters. The van der Waals surface area contributed by atoms with Gasteiger partial charge in [-0.05, 0) is 38.0 Å². The number of hydrogen-bond donors (Lipinski definition) is 1. The van der Waals surface area contributed by atoms with Crippen LogP contribution in [0, 0.1) is 11.8 Å². The van der Waals surface area contributed by atoms with Gasteiger partial charge >= 0.3 is 0 Å². The molecule has 2 aliphatic rings. The van der Waals surface area contributed by atoms with Gasteiger partial charge in [-0.3, -0.25) is 4.90 Å². The van der Waals surface area contributed by atoms with Crippen LogP contribution in [0.2, 0.25) is 0 Å². The average Bonchev–Trinajstić information content (AvgIpc) is 3.12. The summed E-state index contributed by atoms with van der Waals surface area (Å²) in [5.41, 5.74) is 0. The van der Waals surface area contributed by atoms with Crippen LogP contribution in [-0.2, 0) is 0 Å². The molecule has 0 radical (unpaired) electrons. The van der Waals surface area contributed by atoms with Crippen LogP contribution in [-0.4, -0.2) is 36.1 Å². The number of rotatable bonds is 6. The summed E-state index contributed by atoms with van der Waals surface area (Å²) in [6, 6.07) is 2.27. The van der Waals surface area contributed by atoms with Crippen molar-refractivity contribution in [3.05, 3.63) is 0 Å². The summed E-state index contributed by atoms with van der Waals surface area (Å²) in [6.45, 7) is 11.9. The van der Waals surface area contributed by atoms with Gasteiger partial charge in [0.05, 0.1) is 0 Å². The standard InChI is InChI=1S/C16H32N2/c1-5-16(9-14-6-7-14)18-11-15(8-12(2)3)17-10-13(18)4/h12-17H,5-11H2,1-4H3. The van der Waals surface area contributed by atoms with Crippen molar-refractivity contribution in [2.45, 2.75) is 77.9 Å². The molecule has 2 heteroatoms. The smallest absolute Gasteiger partial charge is 0.0198 e. The van der Waals surface area contributed by atoms with E-state index in [4.69, 9.17) is 0 Å². The molecule has 0 aromatic heterocycles. The first-order valence-corrected chi connectivity index (χ1v) is 8.09. The Balaban J connectivity index is 1.89. The van der Waals surface area contributed by atoms with Gasteiger partial charge in [0.2, 0.25) is 0 Å². The van der Waals surface area contributed by atoms with Gasteiger partial charge in [-0.15, -0.1) is 0 Å². The lowest BCUT2D eigenvalue weighted by Crippen LogP contribution is -2.58. The molecule has 3 atom stereocenters. The van der Waals surface area contributed by atoms with Crippen LogP contribution in [0.15, 0.2) is 0 Å². The molecule has 2 nitrogen and oxygen atoms in total. The fourth-order valence-corrected chi connectivity index (χ4v) is 3.46. The molecular weight excluding hydrogens is 220 g/mol. The molecule has 1 aliphatic heterocycles. The third kappa shape index (κ3) is 3.96. The first-order valence-electron chi connectivity index (χ1n) is 8.09. The summed E-state index contributed by atoms with van der Waals surface area (Å²) >= 11 is 0. The Hall–Kier alpha value is -0.0800. The average molecular weight is 252 g/mol. The fraction of sp³-hybridized carbons (Fsp3) is 1.00. The Morgan fingerprint density at radius 1 is 1.22 bits per heavy atom. The van der Waals surface area contributed by atoms with Crippen molar-refractivity contribution in [3.8, 4) is 0 Å². The highest BCUT2D eigenvalue weighted by molar-refractivity contribution is 4.90. The van der Waals surface area contributed by atoms with Crippen LogP contribution in [0.1, 0.15) is 59.8 Å². The molecule has 0 bridgehead atoms. The van der Waals surface area contributed by atoms with Crippen LogP contribution in [0.4, 0.5) is 0 Å². The number of hydrogen-bond acceptors (Lipinski definition) is 2. The molecule has 1 aliphatic carbocycles. The number of nitrogens with one attached hydrogen (secondary N) is 1. The summed E-state index contributed by atoms with van der Waals surface area (Å²) in [5.74, 6) is 1.86. The van der Waals surface area contributed by atoms with Crippen molar-refractivity contribution in [1.82, 2.24) is 10.2 Å². The van der Waals surface area contributed by atoms with Crippen molar-refractivity contribution in [2.75, 3.05) is 13.1 Å². The Bertz CT molecular complexity index is 247.